The number of ether oxygens (including phenoxy) is 2. The highest BCUT2D eigenvalue weighted by atomic mass is 16.5. The lowest BCUT2D eigenvalue weighted by Gasteiger charge is -2.03. The molecule has 2 rings (SSSR count). The minimum Gasteiger partial charge on any atom is -0.380 e. The zero-order chi connectivity index (χ0) is 15.6. The van der Waals surface area contributed by atoms with Crippen molar-refractivity contribution >= 4 is 12.2 Å². The second kappa shape index (κ2) is 8.98. The highest BCUT2D eigenvalue weighted by Crippen LogP contribution is 2.09. The van der Waals surface area contributed by atoms with E-state index < -0.39 is 0 Å². The monoisotopic (exact) mass is 294 g/mol. The van der Waals surface area contributed by atoms with Crippen molar-refractivity contribution in [2.45, 2.75) is 13.2 Å². The Bertz CT molecular complexity index is 612. The second-order valence-electron chi connectivity index (χ2n) is 5.04. The first-order valence-electron chi connectivity index (χ1n) is 7.35. The van der Waals surface area contributed by atoms with E-state index in [0.717, 1.165) is 16.7 Å². The van der Waals surface area contributed by atoms with E-state index in [1.807, 2.05) is 24.3 Å². The van der Waals surface area contributed by atoms with Gasteiger partial charge in [0.05, 0.1) is 19.8 Å². The van der Waals surface area contributed by atoms with Crippen LogP contribution in [0.15, 0.2) is 61.2 Å². The lowest BCUT2D eigenvalue weighted by molar-refractivity contribution is 0.149. The number of rotatable bonds is 8. The zero-order valence-electron chi connectivity index (χ0n) is 13.0. The van der Waals surface area contributed by atoms with Crippen LogP contribution in [0, 0.1) is 0 Å². The van der Waals surface area contributed by atoms with Crippen molar-refractivity contribution in [3.05, 3.63) is 83.4 Å². The summed E-state index contributed by atoms with van der Waals surface area (Å²) in [6, 6.07) is 16.5. The van der Waals surface area contributed by atoms with Crippen molar-refractivity contribution < 1.29 is 9.47 Å². The molecule has 114 valence electrons. The molecule has 0 aliphatic rings. The van der Waals surface area contributed by atoms with E-state index in [1.54, 1.807) is 7.11 Å². The molecule has 0 heterocycles. The Balaban J connectivity index is 1.76. The Kier molecular flexibility index (Phi) is 6.62. The molecule has 2 aromatic rings. The third-order valence-electron chi connectivity index (χ3n) is 3.27. The molecular weight excluding hydrogens is 272 g/mol. The van der Waals surface area contributed by atoms with Crippen LogP contribution in [0.1, 0.15) is 22.3 Å². The minimum atomic E-state index is 0.595. The summed E-state index contributed by atoms with van der Waals surface area (Å²) in [5.41, 5.74) is 4.62. The lowest BCUT2D eigenvalue weighted by atomic mass is 10.1. The van der Waals surface area contributed by atoms with E-state index >= 15 is 0 Å². The largest absolute Gasteiger partial charge is 0.380 e. The van der Waals surface area contributed by atoms with Crippen molar-refractivity contribution in [2.75, 3.05) is 13.7 Å². The maximum absolute atomic E-state index is 5.66. The molecule has 0 aromatic heterocycles. The maximum Gasteiger partial charge on any atom is 0.0721 e. The third-order valence-corrected chi connectivity index (χ3v) is 3.27. The quantitative estimate of drug-likeness (QED) is 0.657. The van der Waals surface area contributed by atoms with E-state index in [4.69, 9.17) is 9.47 Å². The smallest absolute Gasteiger partial charge is 0.0721 e. The molecule has 0 N–H and O–H groups in total. The Labute approximate surface area is 132 Å². The maximum atomic E-state index is 5.66. The number of methoxy groups -OCH3 is 1. The SMILES string of the molecule is C=Cc1cccc(COCC=Cc2ccc(COC)cc2)c1. The van der Waals surface area contributed by atoms with Crippen LogP contribution in [0.5, 0.6) is 0 Å². The summed E-state index contributed by atoms with van der Waals surface area (Å²) in [5, 5.41) is 0. The molecule has 0 unspecified atom stereocenters. The molecule has 0 spiro atoms. The summed E-state index contributed by atoms with van der Waals surface area (Å²) in [7, 11) is 1.70. The van der Waals surface area contributed by atoms with Crippen LogP contribution in [0.3, 0.4) is 0 Å². The van der Waals surface area contributed by atoms with Gasteiger partial charge in [0.15, 0.2) is 0 Å². The molecule has 2 nitrogen and oxygen atoms in total. The Morgan fingerprint density at radius 3 is 2.50 bits per heavy atom. The van der Waals surface area contributed by atoms with E-state index in [-0.39, 0.29) is 0 Å². The number of hydrogen-bond donors (Lipinski definition) is 0. The van der Waals surface area contributed by atoms with Crippen LogP contribution in [0.25, 0.3) is 12.2 Å². The number of hydrogen-bond acceptors (Lipinski definition) is 2. The Hall–Kier alpha value is -2.16. The highest BCUT2D eigenvalue weighted by Gasteiger charge is 1.94. The van der Waals surface area contributed by atoms with E-state index in [1.165, 1.54) is 5.56 Å². The van der Waals surface area contributed by atoms with Crippen LogP contribution < -0.4 is 0 Å². The minimum absolute atomic E-state index is 0.595. The molecule has 0 saturated heterocycles. The zero-order valence-corrected chi connectivity index (χ0v) is 13.0. The molecule has 2 heteroatoms. The van der Waals surface area contributed by atoms with Gasteiger partial charge in [0.25, 0.3) is 0 Å². The molecule has 0 aliphatic carbocycles. The van der Waals surface area contributed by atoms with Crippen molar-refractivity contribution in [2.24, 2.45) is 0 Å². The molecular formula is C20H22O2. The average Bonchev–Trinajstić information content (AvgIpc) is 2.56. The summed E-state index contributed by atoms with van der Waals surface area (Å²) in [5.74, 6) is 0. The fourth-order valence-corrected chi connectivity index (χ4v) is 2.13. The van der Waals surface area contributed by atoms with E-state index in [9.17, 15) is 0 Å². The van der Waals surface area contributed by atoms with Gasteiger partial charge in [-0.3, -0.25) is 0 Å². The molecule has 0 radical (unpaired) electrons. The lowest BCUT2D eigenvalue weighted by Crippen LogP contribution is -1.93. The van der Waals surface area contributed by atoms with Gasteiger partial charge in [-0.05, 0) is 28.3 Å². The first-order chi connectivity index (χ1) is 10.8. The molecule has 0 saturated carbocycles. The van der Waals surface area contributed by atoms with Crippen LogP contribution in [0.4, 0.5) is 0 Å². The fourth-order valence-electron chi connectivity index (χ4n) is 2.13. The van der Waals surface area contributed by atoms with Crippen molar-refractivity contribution in [1.29, 1.82) is 0 Å². The predicted molar refractivity (Wildman–Crippen MR) is 92.4 cm³/mol. The van der Waals surface area contributed by atoms with Gasteiger partial charge >= 0.3 is 0 Å². The molecule has 22 heavy (non-hydrogen) atoms. The van der Waals surface area contributed by atoms with Crippen molar-refractivity contribution in [3.63, 3.8) is 0 Å². The van der Waals surface area contributed by atoms with Crippen LogP contribution in [0.2, 0.25) is 0 Å². The van der Waals surface area contributed by atoms with Gasteiger partial charge in [0.1, 0.15) is 0 Å². The normalized spacial score (nSPS) is 11.0. The molecule has 2 aromatic carbocycles. The van der Waals surface area contributed by atoms with E-state index in [2.05, 4.69) is 49.1 Å². The van der Waals surface area contributed by atoms with Crippen LogP contribution >= 0.6 is 0 Å². The molecule has 0 aliphatic heterocycles. The van der Waals surface area contributed by atoms with Gasteiger partial charge in [0, 0.05) is 7.11 Å². The second-order valence-corrected chi connectivity index (χ2v) is 5.04. The average molecular weight is 294 g/mol. The third kappa shape index (κ3) is 5.32. The van der Waals surface area contributed by atoms with Crippen molar-refractivity contribution in [1.82, 2.24) is 0 Å². The van der Waals surface area contributed by atoms with E-state index in [0.29, 0.717) is 19.8 Å². The summed E-state index contributed by atoms with van der Waals surface area (Å²) in [6.45, 7) is 5.63. The van der Waals surface area contributed by atoms with Gasteiger partial charge in [0.2, 0.25) is 0 Å². The van der Waals surface area contributed by atoms with Gasteiger partial charge in [-0.2, -0.15) is 0 Å². The molecule has 0 atom stereocenters. The predicted octanol–water partition coefficient (Wildman–Crippen LogP) is 4.71. The molecule has 0 fully saturated rings. The topological polar surface area (TPSA) is 18.5 Å². The fraction of sp³-hybridized carbons (Fsp3) is 0.200. The Morgan fingerprint density at radius 1 is 0.955 bits per heavy atom. The molecule has 0 bridgehead atoms. The summed E-state index contributed by atoms with van der Waals surface area (Å²) in [4.78, 5) is 0. The number of benzene rings is 2. The van der Waals surface area contributed by atoms with Gasteiger partial charge < -0.3 is 9.47 Å². The van der Waals surface area contributed by atoms with Crippen molar-refractivity contribution in [3.8, 4) is 0 Å². The van der Waals surface area contributed by atoms with Gasteiger partial charge in [-0.15, -0.1) is 0 Å². The van der Waals surface area contributed by atoms with Gasteiger partial charge in [-0.1, -0.05) is 67.3 Å². The molecule has 0 amide bonds. The first-order valence-corrected chi connectivity index (χ1v) is 7.35. The van der Waals surface area contributed by atoms with Gasteiger partial charge in [-0.25, -0.2) is 0 Å². The summed E-state index contributed by atoms with van der Waals surface area (Å²) < 4.78 is 10.8. The standard InChI is InChI=1S/C20H22O2/c1-3-17-6-4-7-20(14-17)16-22-13-5-8-18-9-11-19(12-10-18)15-21-2/h3-12,14H,1,13,15-16H2,2H3. The van der Waals surface area contributed by atoms with Crippen LogP contribution in [-0.2, 0) is 22.7 Å². The highest BCUT2D eigenvalue weighted by molar-refractivity contribution is 5.49. The summed E-state index contributed by atoms with van der Waals surface area (Å²) in [6.07, 6.45) is 5.94. The first kappa shape index (κ1) is 16.2. The van der Waals surface area contributed by atoms with Crippen LogP contribution in [-0.4, -0.2) is 13.7 Å². The summed E-state index contributed by atoms with van der Waals surface area (Å²) >= 11 is 0. The Morgan fingerprint density at radius 2 is 1.77 bits per heavy atom.